The Morgan fingerprint density at radius 2 is 2.31 bits per heavy atom. The lowest BCUT2D eigenvalue weighted by Gasteiger charge is -2.26. The Bertz CT molecular complexity index is 364. The molecule has 1 heterocycles. The summed E-state index contributed by atoms with van der Waals surface area (Å²) in [6, 6.07) is 7.78. The lowest BCUT2D eigenvalue weighted by molar-refractivity contribution is 0.302. The summed E-state index contributed by atoms with van der Waals surface area (Å²) in [5.41, 5.74) is 2.02. The molecule has 4 heteroatoms. The molecule has 1 unspecified atom stereocenters. The maximum Gasteiger partial charge on any atom is 0.293 e. The van der Waals surface area contributed by atoms with Gasteiger partial charge in [-0.05, 0) is 6.07 Å². The predicted molar refractivity (Wildman–Crippen MR) is 53.0 cm³/mol. The van der Waals surface area contributed by atoms with Crippen molar-refractivity contribution in [1.29, 1.82) is 0 Å². The van der Waals surface area contributed by atoms with Crippen LogP contribution in [0.25, 0.3) is 0 Å². The highest BCUT2D eigenvalue weighted by Crippen LogP contribution is 2.50. The van der Waals surface area contributed by atoms with Gasteiger partial charge in [-0.25, -0.2) is 0 Å². The molecule has 0 radical (unpaired) electrons. The van der Waals surface area contributed by atoms with Gasteiger partial charge in [-0.3, -0.25) is 4.57 Å². The van der Waals surface area contributed by atoms with E-state index >= 15 is 0 Å². The summed E-state index contributed by atoms with van der Waals surface area (Å²) in [4.78, 5) is 0. The molecule has 0 amide bonds. The van der Waals surface area contributed by atoms with Crippen molar-refractivity contribution in [3.05, 3.63) is 29.8 Å². The van der Waals surface area contributed by atoms with Gasteiger partial charge in [-0.2, -0.15) is 0 Å². The third-order valence-corrected chi connectivity index (χ3v) is 4.11. The van der Waals surface area contributed by atoms with Crippen molar-refractivity contribution in [3.8, 4) is 0 Å². The number of fused-ring (bicyclic) bond motifs is 1. The molecule has 3 nitrogen and oxygen atoms in total. The van der Waals surface area contributed by atoms with Crippen LogP contribution in [-0.4, -0.2) is 6.16 Å². The zero-order valence-electron chi connectivity index (χ0n) is 7.49. The van der Waals surface area contributed by atoms with Crippen LogP contribution in [0.3, 0.4) is 0 Å². The number of para-hydroxylation sites is 1. The summed E-state index contributed by atoms with van der Waals surface area (Å²) in [7, 11) is -2.58. The van der Waals surface area contributed by atoms with Crippen molar-refractivity contribution in [3.63, 3.8) is 0 Å². The van der Waals surface area contributed by atoms with Crippen LogP contribution in [0.15, 0.2) is 24.3 Å². The predicted octanol–water partition coefficient (Wildman–Crippen LogP) is 2.84. The standard InChI is InChI=1S/C9H12NO2P/c1-2-13(11)10-9-6-4-3-5-8(9)7-12-13/h3-6H,2,7H2,1H3,(H,10,11). The third kappa shape index (κ3) is 1.62. The van der Waals surface area contributed by atoms with Gasteiger partial charge in [0, 0.05) is 17.4 Å². The van der Waals surface area contributed by atoms with Crippen molar-refractivity contribution in [1.82, 2.24) is 0 Å². The fourth-order valence-electron chi connectivity index (χ4n) is 1.32. The zero-order chi connectivity index (χ0) is 9.31. The van der Waals surface area contributed by atoms with Gasteiger partial charge in [0.1, 0.15) is 0 Å². The molecule has 2 rings (SSSR count). The van der Waals surface area contributed by atoms with E-state index in [9.17, 15) is 4.57 Å². The van der Waals surface area contributed by atoms with Crippen LogP contribution >= 0.6 is 7.52 Å². The largest absolute Gasteiger partial charge is 0.315 e. The molecule has 1 N–H and O–H groups in total. The average Bonchev–Trinajstić information content (AvgIpc) is 2.18. The van der Waals surface area contributed by atoms with E-state index < -0.39 is 7.52 Å². The minimum absolute atomic E-state index is 0.453. The van der Waals surface area contributed by atoms with Crippen molar-refractivity contribution in [2.45, 2.75) is 13.5 Å². The van der Waals surface area contributed by atoms with Gasteiger partial charge in [0.05, 0.1) is 6.61 Å². The summed E-state index contributed by atoms with van der Waals surface area (Å²) in [6.45, 7) is 2.32. The minimum atomic E-state index is -2.58. The first kappa shape index (κ1) is 8.79. The smallest absolute Gasteiger partial charge is 0.293 e. The molecular formula is C9H12NO2P. The number of nitrogens with one attached hydrogen (secondary N) is 1. The lowest BCUT2D eigenvalue weighted by atomic mass is 10.2. The van der Waals surface area contributed by atoms with Crippen LogP contribution in [0, 0.1) is 0 Å². The van der Waals surface area contributed by atoms with Crippen LogP contribution in [0.5, 0.6) is 0 Å². The summed E-state index contributed by atoms with van der Waals surface area (Å²) < 4.78 is 17.1. The molecule has 0 spiro atoms. The number of anilines is 1. The van der Waals surface area contributed by atoms with Crippen LogP contribution < -0.4 is 5.09 Å². The van der Waals surface area contributed by atoms with Crippen molar-refractivity contribution in [2.24, 2.45) is 0 Å². The van der Waals surface area contributed by atoms with Crippen molar-refractivity contribution >= 4 is 13.2 Å². The molecule has 1 aliphatic heterocycles. The fraction of sp³-hybridized carbons (Fsp3) is 0.333. The van der Waals surface area contributed by atoms with E-state index in [-0.39, 0.29) is 0 Å². The number of hydrogen-bond donors (Lipinski definition) is 1. The normalized spacial score (nSPS) is 26.2. The van der Waals surface area contributed by atoms with E-state index in [1.165, 1.54) is 0 Å². The Hall–Kier alpha value is -0.790. The van der Waals surface area contributed by atoms with Gasteiger partial charge < -0.3 is 9.61 Å². The molecule has 70 valence electrons. The maximum absolute atomic E-state index is 11.8. The molecule has 1 aliphatic rings. The van der Waals surface area contributed by atoms with E-state index in [1.54, 1.807) is 0 Å². The molecule has 13 heavy (non-hydrogen) atoms. The highest BCUT2D eigenvalue weighted by atomic mass is 31.2. The van der Waals surface area contributed by atoms with Crippen LogP contribution in [0.1, 0.15) is 12.5 Å². The van der Waals surface area contributed by atoms with Gasteiger partial charge in [0.2, 0.25) is 0 Å². The Kier molecular flexibility index (Phi) is 2.14. The summed E-state index contributed by atoms with van der Waals surface area (Å²) in [5, 5.41) is 2.96. The molecule has 0 fully saturated rings. The quantitative estimate of drug-likeness (QED) is 0.703. The molecule has 0 bridgehead atoms. The summed E-state index contributed by atoms with van der Waals surface area (Å²) in [6.07, 6.45) is 0.529. The van der Waals surface area contributed by atoms with E-state index in [0.717, 1.165) is 11.3 Å². The van der Waals surface area contributed by atoms with Crippen LogP contribution in [-0.2, 0) is 15.7 Å². The molecule has 1 atom stereocenters. The van der Waals surface area contributed by atoms with Gasteiger partial charge in [-0.1, -0.05) is 25.1 Å². The Labute approximate surface area is 77.6 Å². The molecule has 0 saturated carbocycles. The Morgan fingerprint density at radius 1 is 1.54 bits per heavy atom. The highest BCUT2D eigenvalue weighted by Gasteiger charge is 2.26. The Balaban J connectivity index is 2.35. The minimum Gasteiger partial charge on any atom is -0.315 e. The van der Waals surface area contributed by atoms with Crippen molar-refractivity contribution in [2.75, 3.05) is 11.2 Å². The molecule has 0 aromatic heterocycles. The zero-order valence-corrected chi connectivity index (χ0v) is 8.38. The first-order valence-corrected chi connectivity index (χ1v) is 6.14. The van der Waals surface area contributed by atoms with Gasteiger partial charge >= 0.3 is 0 Å². The fourth-order valence-corrected chi connectivity index (χ4v) is 2.65. The van der Waals surface area contributed by atoms with E-state index in [1.807, 2.05) is 31.2 Å². The molecular weight excluding hydrogens is 185 g/mol. The monoisotopic (exact) mass is 197 g/mol. The highest BCUT2D eigenvalue weighted by molar-refractivity contribution is 7.60. The molecule has 0 saturated heterocycles. The summed E-state index contributed by atoms with van der Waals surface area (Å²) in [5.74, 6) is 0. The second-order valence-electron chi connectivity index (χ2n) is 3.03. The first-order valence-electron chi connectivity index (χ1n) is 4.33. The van der Waals surface area contributed by atoms with Gasteiger partial charge in [0.15, 0.2) is 0 Å². The van der Waals surface area contributed by atoms with E-state index in [4.69, 9.17) is 4.52 Å². The average molecular weight is 197 g/mol. The number of hydrogen-bond acceptors (Lipinski definition) is 2. The second kappa shape index (κ2) is 3.17. The van der Waals surface area contributed by atoms with Gasteiger partial charge in [-0.15, -0.1) is 0 Å². The first-order chi connectivity index (χ1) is 6.23. The molecule has 1 aromatic rings. The lowest BCUT2D eigenvalue weighted by Crippen LogP contribution is -2.11. The Morgan fingerprint density at radius 3 is 3.08 bits per heavy atom. The van der Waals surface area contributed by atoms with E-state index in [0.29, 0.717) is 12.8 Å². The van der Waals surface area contributed by atoms with Crippen LogP contribution in [0.2, 0.25) is 0 Å². The number of benzene rings is 1. The van der Waals surface area contributed by atoms with Crippen LogP contribution in [0.4, 0.5) is 5.69 Å². The molecule has 1 aromatic carbocycles. The SMILES string of the molecule is CCP1(=O)Nc2ccccc2CO1. The van der Waals surface area contributed by atoms with Crippen molar-refractivity contribution < 1.29 is 9.09 Å². The second-order valence-corrected chi connectivity index (χ2v) is 5.49. The maximum atomic E-state index is 11.8. The van der Waals surface area contributed by atoms with E-state index in [2.05, 4.69) is 5.09 Å². The third-order valence-electron chi connectivity index (χ3n) is 2.15. The summed E-state index contributed by atoms with van der Waals surface area (Å²) >= 11 is 0. The van der Waals surface area contributed by atoms with Gasteiger partial charge in [0.25, 0.3) is 7.52 Å². The molecule has 0 aliphatic carbocycles. The topological polar surface area (TPSA) is 38.3 Å². The number of rotatable bonds is 1.